The minimum atomic E-state index is -0.905. The van der Waals surface area contributed by atoms with E-state index in [4.69, 9.17) is 26.8 Å². The second-order valence-electron chi connectivity index (χ2n) is 3.29. The van der Waals surface area contributed by atoms with Gasteiger partial charge >= 0.3 is 6.09 Å². The predicted molar refractivity (Wildman–Crippen MR) is 71.5 cm³/mol. The number of hydrogen-bond donors (Lipinski definition) is 1. The van der Waals surface area contributed by atoms with Crippen molar-refractivity contribution in [3.8, 4) is 17.4 Å². The molecule has 0 saturated carbocycles. The molecule has 8 heteroatoms. The van der Waals surface area contributed by atoms with Gasteiger partial charge in [0.1, 0.15) is 16.1 Å². The quantitative estimate of drug-likeness (QED) is 0.924. The van der Waals surface area contributed by atoms with E-state index in [1.807, 2.05) is 0 Å². The third-order valence-corrected chi connectivity index (χ3v) is 2.55. The molecule has 1 amide bonds. The summed E-state index contributed by atoms with van der Waals surface area (Å²) in [6, 6.07) is 6.31. The van der Waals surface area contributed by atoms with E-state index in [0.29, 0.717) is 10.4 Å². The van der Waals surface area contributed by atoms with Crippen molar-refractivity contribution in [3.05, 3.63) is 40.2 Å². The average molecular weight is 345 g/mol. The number of hydrogen-bond acceptors (Lipinski definition) is 5. The van der Waals surface area contributed by atoms with Gasteiger partial charge in [-0.1, -0.05) is 17.7 Å². The lowest BCUT2D eigenvalue weighted by molar-refractivity contribution is 0.211. The number of nitrogens with two attached hydrogens (primary N) is 1. The Morgan fingerprint density at radius 3 is 2.84 bits per heavy atom. The Labute approximate surface area is 121 Å². The summed E-state index contributed by atoms with van der Waals surface area (Å²) < 4.78 is 10.7. The fraction of sp³-hybridized carbons (Fsp3) is 0. The number of carbonyl (C=O) groups excluding carboxylic acids is 1. The van der Waals surface area contributed by atoms with Crippen LogP contribution in [0.15, 0.2) is 35.1 Å². The van der Waals surface area contributed by atoms with Gasteiger partial charge in [0.15, 0.2) is 5.15 Å². The molecule has 19 heavy (non-hydrogen) atoms. The van der Waals surface area contributed by atoms with Crippen LogP contribution in [0.25, 0.3) is 0 Å². The van der Waals surface area contributed by atoms with Crippen LogP contribution < -0.4 is 15.2 Å². The van der Waals surface area contributed by atoms with Gasteiger partial charge in [0.25, 0.3) is 5.88 Å². The first-order valence-corrected chi connectivity index (χ1v) is 6.15. The summed E-state index contributed by atoms with van der Waals surface area (Å²) >= 11 is 9.00. The molecular formula is C11H7BrClN3O3. The molecule has 1 heterocycles. The van der Waals surface area contributed by atoms with Crippen LogP contribution in [-0.4, -0.2) is 16.1 Å². The van der Waals surface area contributed by atoms with Gasteiger partial charge in [-0.3, -0.25) is 0 Å². The Balaban J connectivity index is 2.23. The second-order valence-corrected chi connectivity index (χ2v) is 4.46. The smallest absolute Gasteiger partial charge is 0.409 e. The zero-order valence-corrected chi connectivity index (χ0v) is 11.7. The molecule has 0 aliphatic rings. The normalized spacial score (nSPS) is 10.0. The summed E-state index contributed by atoms with van der Waals surface area (Å²) in [5, 5.41) is 0.115. The molecule has 0 radical (unpaired) electrons. The molecule has 0 spiro atoms. The van der Waals surface area contributed by atoms with Gasteiger partial charge in [0.05, 0.1) is 6.20 Å². The van der Waals surface area contributed by atoms with Crippen LogP contribution in [0, 0.1) is 0 Å². The molecule has 0 saturated heterocycles. The molecule has 0 unspecified atom stereocenters. The number of carbonyl (C=O) groups is 1. The lowest BCUT2D eigenvalue weighted by Crippen LogP contribution is -2.16. The van der Waals surface area contributed by atoms with Crippen LogP contribution in [-0.2, 0) is 0 Å². The number of halogens is 2. The molecular weight excluding hydrogens is 337 g/mol. The third-order valence-electron chi connectivity index (χ3n) is 1.91. The molecule has 2 aromatic rings. The first-order valence-electron chi connectivity index (χ1n) is 4.98. The largest absolute Gasteiger partial charge is 0.436 e. The van der Waals surface area contributed by atoms with Crippen molar-refractivity contribution in [2.75, 3.05) is 0 Å². The average Bonchev–Trinajstić information content (AvgIpc) is 2.33. The molecule has 2 N–H and O–H groups in total. The van der Waals surface area contributed by atoms with Crippen molar-refractivity contribution in [2.45, 2.75) is 0 Å². The maximum absolute atomic E-state index is 10.6. The van der Waals surface area contributed by atoms with Crippen LogP contribution in [0.1, 0.15) is 0 Å². The van der Waals surface area contributed by atoms with E-state index in [1.54, 1.807) is 18.2 Å². The van der Waals surface area contributed by atoms with Gasteiger partial charge in [-0.2, -0.15) is 0 Å². The van der Waals surface area contributed by atoms with Crippen LogP contribution in [0.4, 0.5) is 4.79 Å². The highest BCUT2D eigenvalue weighted by Gasteiger charge is 2.08. The molecule has 0 bridgehead atoms. The highest BCUT2D eigenvalue weighted by atomic mass is 79.9. The Bertz CT molecular complexity index is 624. The van der Waals surface area contributed by atoms with Gasteiger partial charge in [0.2, 0.25) is 0 Å². The molecule has 1 aromatic carbocycles. The standard InChI is InChI=1S/C11H7BrClN3O3/c12-8-5-15-9(13)10(16-8)18-6-2-1-3-7(4-6)19-11(14)17/h1-5H,(H2,14,17). The molecule has 2 rings (SSSR count). The number of aromatic nitrogens is 2. The zero-order chi connectivity index (χ0) is 13.8. The molecule has 0 fully saturated rings. The Morgan fingerprint density at radius 1 is 1.37 bits per heavy atom. The van der Waals surface area contributed by atoms with Gasteiger partial charge in [0, 0.05) is 6.07 Å². The highest BCUT2D eigenvalue weighted by Crippen LogP contribution is 2.28. The Kier molecular flexibility index (Phi) is 4.18. The second kappa shape index (κ2) is 5.85. The van der Waals surface area contributed by atoms with Crippen molar-refractivity contribution in [3.63, 3.8) is 0 Å². The Hall–Kier alpha value is -1.86. The van der Waals surface area contributed by atoms with Crippen molar-refractivity contribution < 1.29 is 14.3 Å². The fourth-order valence-electron chi connectivity index (χ4n) is 1.23. The van der Waals surface area contributed by atoms with Gasteiger partial charge in [-0.15, -0.1) is 0 Å². The summed E-state index contributed by atoms with van der Waals surface area (Å²) in [6.07, 6.45) is 0.541. The minimum Gasteiger partial charge on any atom is -0.436 e. The summed E-state index contributed by atoms with van der Waals surface area (Å²) in [4.78, 5) is 18.5. The number of rotatable bonds is 3. The van der Waals surface area contributed by atoms with Crippen LogP contribution >= 0.6 is 27.5 Å². The molecule has 6 nitrogen and oxygen atoms in total. The lowest BCUT2D eigenvalue weighted by Gasteiger charge is -2.07. The number of ether oxygens (including phenoxy) is 2. The van der Waals surface area contributed by atoms with E-state index in [2.05, 4.69) is 25.9 Å². The summed E-state index contributed by atoms with van der Waals surface area (Å²) in [5.74, 6) is 0.768. The molecule has 0 aliphatic heterocycles. The number of nitrogens with zero attached hydrogens (tertiary/aromatic N) is 2. The van der Waals surface area contributed by atoms with Crippen molar-refractivity contribution in [1.29, 1.82) is 0 Å². The number of amides is 1. The van der Waals surface area contributed by atoms with E-state index in [0.717, 1.165) is 0 Å². The Morgan fingerprint density at radius 2 is 2.11 bits per heavy atom. The van der Waals surface area contributed by atoms with E-state index in [-0.39, 0.29) is 16.8 Å². The first-order chi connectivity index (χ1) is 9.04. The lowest BCUT2D eigenvalue weighted by atomic mass is 10.3. The summed E-state index contributed by atoms with van der Waals surface area (Å²) in [6.45, 7) is 0. The van der Waals surface area contributed by atoms with Crippen LogP contribution in [0.3, 0.4) is 0 Å². The maximum Gasteiger partial charge on any atom is 0.409 e. The number of benzene rings is 1. The van der Waals surface area contributed by atoms with Crippen molar-refractivity contribution in [2.24, 2.45) is 5.73 Å². The minimum absolute atomic E-state index is 0.115. The van der Waals surface area contributed by atoms with Gasteiger partial charge in [-0.05, 0) is 28.1 Å². The molecule has 98 valence electrons. The van der Waals surface area contributed by atoms with E-state index in [1.165, 1.54) is 12.3 Å². The summed E-state index contributed by atoms with van der Waals surface area (Å²) in [7, 11) is 0. The van der Waals surface area contributed by atoms with E-state index >= 15 is 0 Å². The van der Waals surface area contributed by atoms with Crippen molar-refractivity contribution >= 4 is 33.6 Å². The van der Waals surface area contributed by atoms with Crippen LogP contribution in [0.2, 0.25) is 5.15 Å². The molecule has 0 atom stereocenters. The fourth-order valence-corrected chi connectivity index (χ4v) is 1.62. The highest BCUT2D eigenvalue weighted by molar-refractivity contribution is 9.10. The van der Waals surface area contributed by atoms with E-state index < -0.39 is 6.09 Å². The first kappa shape index (κ1) is 13.6. The van der Waals surface area contributed by atoms with Crippen molar-refractivity contribution in [1.82, 2.24) is 9.97 Å². The predicted octanol–water partition coefficient (Wildman–Crippen LogP) is 3.14. The molecule has 0 aliphatic carbocycles. The summed E-state index contributed by atoms with van der Waals surface area (Å²) in [5.41, 5.74) is 4.92. The van der Waals surface area contributed by atoms with Gasteiger partial charge < -0.3 is 15.2 Å². The molecule has 1 aromatic heterocycles. The zero-order valence-electron chi connectivity index (χ0n) is 9.34. The number of primary amides is 1. The van der Waals surface area contributed by atoms with E-state index in [9.17, 15) is 4.79 Å². The maximum atomic E-state index is 10.6. The monoisotopic (exact) mass is 343 g/mol. The van der Waals surface area contributed by atoms with Gasteiger partial charge in [-0.25, -0.2) is 14.8 Å². The SMILES string of the molecule is NC(=O)Oc1cccc(Oc2nc(Br)cnc2Cl)c1. The van der Waals surface area contributed by atoms with Crippen LogP contribution in [0.5, 0.6) is 17.4 Å². The topological polar surface area (TPSA) is 87.3 Å². The third kappa shape index (κ3) is 3.80.